The number of para-hydroxylation sites is 1. The number of allylic oxidation sites excluding steroid dienone is 2. The van der Waals surface area contributed by atoms with Crippen molar-refractivity contribution < 1.29 is 9.84 Å². The number of benzene rings is 2. The van der Waals surface area contributed by atoms with Gasteiger partial charge < -0.3 is 15.2 Å². The molecule has 0 fully saturated rings. The molecule has 0 aliphatic heterocycles. The number of aromatic nitrogens is 2. The first kappa shape index (κ1) is 21.2. The monoisotopic (exact) mass is 403 g/mol. The van der Waals surface area contributed by atoms with Crippen LogP contribution in [-0.4, -0.2) is 22.4 Å². The maximum Gasteiger partial charge on any atom is 0.188 e. The van der Waals surface area contributed by atoms with Gasteiger partial charge in [0.2, 0.25) is 0 Å². The second-order valence-corrected chi connectivity index (χ2v) is 7.49. The topological polar surface area (TPSA) is 70.2 Å². The van der Waals surface area contributed by atoms with Crippen molar-refractivity contribution in [1.82, 2.24) is 15.5 Å². The highest BCUT2D eigenvalue weighted by molar-refractivity contribution is 5.53. The average molecular weight is 404 g/mol. The largest absolute Gasteiger partial charge is 0.495 e. The highest BCUT2D eigenvalue weighted by Crippen LogP contribution is 2.41. The zero-order valence-electron chi connectivity index (χ0n) is 18.0. The van der Waals surface area contributed by atoms with Gasteiger partial charge in [-0.25, -0.2) is 0 Å². The van der Waals surface area contributed by atoms with Gasteiger partial charge in [0.15, 0.2) is 5.88 Å². The van der Waals surface area contributed by atoms with Crippen LogP contribution in [0.1, 0.15) is 40.8 Å². The van der Waals surface area contributed by atoms with Crippen LogP contribution in [0.25, 0.3) is 0 Å². The number of H-pyrrole nitrogens is 1. The Morgan fingerprint density at radius 1 is 1.13 bits per heavy atom. The van der Waals surface area contributed by atoms with E-state index >= 15 is 0 Å². The summed E-state index contributed by atoms with van der Waals surface area (Å²) in [4.78, 5) is 0. The Labute approximate surface area is 178 Å². The maximum atomic E-state index is 10.7. The maximum absolute atomic E-state index is 10.7. The number of ether oxygens (including phenoxy) is 1. The Bertz CT molecular complexity index is 1050. The molecule has 3 aromatic rings. The Balaban J connectivity index is 2.07. The summed E-state index contributed by atoms with van der Waals surface area (Å²) in [6, 6.07) is 16.2. The molecule has 1 unspecified atom stereocenters. The van der Waals surface area contributed by atoms with Gasteiger partial charge in [0.05, 0.1) is 6.20 Å². The summed E-state index contributed by atoms with van der Waals surface area (Å²) in [5, 5.41) is 20.7. The fraction of sp³-hybridized carbons (Fsp3) is 0.240. The van der Waals surface area contributed by atoms with Crippen molar-refractivity contribution in [2.45, 2.75) is 33.3 Å². The lowest BCUT2D eigenvalue weighted by molar-refractivity contribution is 0.302. The average Bonchev–Trinajstić information content (AvgIpc) is 3.16. The molecule has 2 aromatic carbocycles. The van der Waals surface area contributed by atoms with E-state index in [2.05, 4.69) is 53.3 Å². The van der Waals surface area contributed by atoms with Crippen LogP contribution in [0, 0.1) is 13.8 Å². The minimum absolute atomic E-state index is 0.0847. The predicted octanol–water partition coefficient (Wildman–Crippen LogP) is 5.30. The van der Waals surface area contributed by atoms with E-state index in [0.29, 0.717) is 12.2 Å². The van der Waals surface area contributed by atoms with Gasteiger partial charge in [0, 0.05) is 35.4 Å². The van der Waals surface area contributed by atoms with Crippen molar-refractivity contribution in [2.75, 3.05) is 7.05 Å². The Morgan fingerprint density at radius 2 is 1.83 bits per heavy atom. The van der Waals surface area contributed by atoms with Crippen molar-refractivity contribution in [3.8, 4) is 5.75 Å². The summed E-state index contributed by atoms with van der Waals surface area (Å²) in [5.41, 5.74) is 6.61. The number of hydrogen-bond acceptors (Lipinski definition) is 4. The minimum atomic E-state index is -0.289. The number of nitrogens with zero attached hydrogens (tertiary/aromatic N) is 1. The smallest absolute Gasteiger partial charge is 0.188 e. The van der Waals surface area contributed by atoms with Crippen LogP contribution in [0.3, 0.4) is 0 Å². The van der Waals surface area contributed by atoms with Crippen molar-refractivity contribution in [2.24, 2.45) is 0 Å². The highest BCUT2D eigenvalue weighted by atomic mass is 16.5. The number of aliphatic hydroxyl groups is 1. The normalized spacial score (nSPS) is 12.8. The second-order valence-electron chi connectivity index (χ2n) is 7.49. The third-order valence-corrected chi connectivity index (χ3v) is 5.17. The van der Waals surface area contributed by atoms with E-state index < -0.39 is 0 Å². The molecule has 3 N–H and O–H groups in total. The van der Waals surface area contributed by atoms with Gasteiger partial charge in [-0.15, -0.1) is 0 Å². The van der Waals surface area contributed by atoms with E-state index in [9.17, 15) is 5.11 Å². The Kier molecular flexibility index (Phi) is 6.62. The quantitative estimate of drug-likeness (QED) is 0.352. The molecule has 0 amide bonds. The first-order chi connectivity index (χ1) is 14.4. The van der Waals surface area contributed by atoms with Crippen LogP contribution >= 0.6 is 0 Å². The number of rotatable bonds is 8. The number of aryl methyl sites for hydroxylation is 2. The van der Waals surface area contributed by atoms with Crippen molar-refractivity contribution >= 4 is 0 Å². The van der Waals surface area contributed by atoms with E-state index in [1.54, 1.807) is 13.2 Å². The van der Waals surface area contributed by atoms with Gasteiger partial charge in [0.1, 0.15) is 12.4 Å². The van der Waals surface area contributed by atoms with E-state index in [4.69, 9.17) is 4.74 Å². The summed E-state index contributed by atoms with van der Waals surface area (Å²) >= 11 is 0. The van der Waals surface area contributed by atoms with Gasteiger partial charge in [0.25, 0.3) is 0 Å². The third kappa shape index (κ3) is 4.57. The van der Waals surface area contributed by atoms with Gasteiger partial charge in [-0.1, -0.05) is 54.6 Å². The number of nitrogens with one attached hydrogen (secondary N) is 2. The molecule has 5 heteroatoms. The molecule has 156 valence electrons. The minimum Gasteiger partial charge on any atom is -0.495 e. The molecular formula is C25H29N3O2. The van der Waals surface area contributed by atoms with Crippen LogP contribution in [0.2, 0.25) is 0 Å². The molecule has 0 aliphatic carbocycles. The zero-order valence-corrected chi connectivity index (χ0v) is 18.0. The molecule has 1 heterocycles. The van der Waals surface area contributed by atoms with E-state index in [1.165, 1.54) is 5.56 Å². The van der Waals surface area contributed by atoms with Gasteiger partial charge in [-0.2, -0.15) is 5.10 Å². The van der Waals surface area contributed by atoms with Crippen LogP contribution in [0.15, 0.2) is 78.3 Å². The highest BCUT2D eigenvalue weighted by Gasteiger charge is 2.28. The lowest BCUT2D eigenvalue weighted by atomic mass is 9.82. The molecule has 0 radical (unpaired) electrons. The Hall–Kier alpha value is -3.47. The van der Waals surface area contributed by atoms with E-state index in [-0.39, 0.29) is 11.8 Å². The third-order valence-electron chi connectivity index (χ3n) is 5.17. The fourth-order valence-corrected chi connectivity index (χ4v) is 3.55. The lowest BCUT2D eigenvalue weighted by Crippen LogP contribution is -2.16. The first-order valence-electron chi connectivity index (χ1n) is 9.96. The van der Waals surface area contributed by atoms with Gasteiger partial charge in [-0.3, -0.25) is 5.10 Å². The first-order valence-corrected chi connectivity index (χ1v) is 9.96. The molecule has 5 nitrogen and oxygen atoms in total. The predicted molar refractivity (Wildman–Crippen MR) is 121 cm³/mol. The van der Waals surface area contributed by atoms with Crippen LogP contribution in [0.5, 0.6) is 5.75 Å². The van der Waals surface area contributed by atoms with Crippen LogP contribution in [0.4, 0.5) is 0 Å². The summed E-state index contributed by atoms with van der Waals surface area (Å²) < 4.78 is 6.24. The molecule has 1 atom stereocenters. The van der Waals surface area contributed by atoms with Crippen molar-refractivity contribution in [3.05, 3.63) is 106 Å². The second kappa shape index (κ2) is 9.35. The van der Waals surface area contributed by atoms with Gasteiger partial charge in [-0.05, 0) is 38.0 Å². The van der Waals surface area contributed by atoms with Crippen molar-refractivity contribution in [3.63, 3.8) is 0 Å². The summed E-state index contributed by atoms with van der Waals surface area (Å²) in [6.07, 6.45) is 1.79. The zero-order chi connectivity index (χ0) is 21.7. The van der Waals surface area contributed by atoms with Crippen molar-refractivity contribution in [1.29, 1.82) is 0 Å². The molecular weight excluding hydrogens is 374 g/mol. The molecule has 0 saturated heterocycles. The SMILES string of the molecule is C=C(C)/C(=C(/O)NC)C(c1ccccc1OCc1ccc(C)cc1)c1cn[nH]c1C. The fourth-order valence-electron chi connectivity index (χ4n) is 3.55. The van der Waals surface area contributed by atoms with Crippen LogP contribution < -0.4 is 10.1 Å². The lowest BCUT2D eigenvalue weighted by Gasteiger charge is -2.25. The van der Waals surface area contributed by atoms with E-state index in [1.807, 2.05) is 38.1 Å². The molecule has 1 aromatic heterocycles. The number of aliphatic hydroxyl groups excluding tert-OH is 1. The number of aromatic amines is 1. The molecule has 0 bridgehead atoms. The molecule has 0 saturated carbocycles. The summed E-state index contributed by atoms with van der Waals surface area (Å²) in [7, 11) is 1.69. The summed E-state index contributed by atoms with van der Waals surface area (Å²) in [5.74, 6) is 0.552. The Morgan fingerprint density at radius 3 is 2.43 bits per heavy atom. The molecule has 30 heavy (non-hydrogen) atoms. The van der Waals surface area contributed by atoms with Gasteiger partial charge >= 0.3 is 0 Å². The number of hydrogen-bond donors (Lipinski definition) is 3. The standard InChI is InChI=1S/C25H29N3O2/c1-16(2)23(25(29)26-5)24(21-14-27-28-18(21)4)20-8-6-7-9-22(20)30-15-19-12-10-17(3)11-13-19/h6-14,24,26,29H,1,15H2,2-5H3,(H,27,28)/b25-23-. The molecule has 3 rings (SSSR count). The molecule has 0 aliphatic rings. The summed E-state index contributed by atoms with van der Waals surface area (Å²) in [6.45, 7) is 10.5. The van der Waals surface area contributed by atoms with E-state index in [0.717, 1.165) is 33.7 Å². The molecule has 0 spiro atoms. The van der Waals surface area contributed by atoms with Crippen LogP contribution in [-0.2, 0) is 6.61 Å².